The smallest absolute Gasteiger partial charge is 0.326 e. The first-order valence-electron chi connectivity index (χ1n) is 10.6. The number of nitrogens with one attached hydrogen (secondary N) is 2. The van der Waals surface area contributed by atoms with Crippen LogP contribution in [0.15, 0.2) is 0 Å². The van der Waals surface area contributed by atoms with Crippen molar-refractivity contribution in [2.24, 2.45) is 11.7 Å². The molecule has 0 radical (unpaired) electrons. The fraction of sp³-hybridized carbons (Fsp3) is 0.800. The second-order valence-electron chi connectivity index (χ2n) is 8.01. The van der Waals surface area contributed by atoms with Crippen molar-refractivity contribution >= 4 is 35.5 Å². The van der Waals surface area contributed by atoms with Crippen LogP contribution in [0.1, 0.15) is 46.5 Å². The third kappa shape index (κ3) is 7.65. The summed E-state index contributed by atoms with van der Waals surface area (Å²) in [7, 11) is 0. The Morgan fingerprint density at radius 3 is 2.35 bits per heavy atom. The number of carboxylic acids is 1. The fourth-order valence-electron chi connectivity index (χ4n) is 3.41. The van der Waals surface area contributed by atoms with Crippen molar-refractivity contribution in [2.75, 3.05) is 18.6 Å². The maximum absolute atomic E-state index is 13.0. The maximum Gasteiger partial charge on any atom is 0.326 e. The average molecular weight is 461 g/mol. The minimum absolute atomic E-state index is 0.114. The molecule has 0 saturated carbocycles. The summed E-state index contributed by atoms with van der Waals surface area (Å²) in [4.78, 5) is 51.0. The number of thioether (sulfide) groups is 1. The number of amides is 3. The highest BCUT2D eigenvalue weighted by atomic mass is 32.2. The lowest BCUT2D eigenvalue weighted by Gasteiger charge is -2.30. The number of rotatable bonds is 12. The first-order valence-corrected chi connectivity index (χ1v) is 12.0. The van der Waals surface area contributed by atoms with E-state index in [2.05, 4.69) is 10.6 Å². The van der Waals surface area contributed by atoms with E-state index in [1.807, 2.05) is 20.1 Å². The van der Waals surface area contributed by atoms with Crippen LogP contribution in [-0.4, -0.2) is 87.6 Å². The number of nitrogens with two attached hydrogens (primary N) is 1. The number of carbonyl (C=O) groups excluding carboxylic acids is 3. The molecule has 0 aromatic heterocycles. The summed E-state index contributed by atoms with van der Waals surface area (Å²) in [6, 6.07) is -4.00. The Kier molecular flexibility index (Phi) is 11.3. The zero-order valence-electron chi connectivity index (χ0n) is 18.7. The van der Waals surface area contributed by atoms with E-state index in [4.69, 9.17) is 5.73 Å². The van der Waals surface area contributed by atoms with Crippen molar-refractivity contribution in [1.29, 1.82) is 0 Å². The first kappa shape index (κ1) is 27.2. The van der Waals surface area contributed by atoms with Gasteiger partial charge in [-0.25, -0.2) is 4.79 Å². The van der Waals surface area contributed by atoms with Crippen LogP contribution >= 0.6 is 11.8 Å². The quantitative estimate of drug-likeness (QED) is 0.261. The molecule has 11 heteroatoms. The van der Waals surface area contributed by atoms with Gasteiger partial charge in [0.15, 0.2) is 0 Å². The highest BCUT2D eigenvalue weighted by Gasteiger charge is 2.38. The highest BCUT2D eigenvalue weighted by Crippen LogP contribution is 2.20. The number of hydrogen-bond acceptors (Lipinski definition) is 7. The Labute approximate surface area is 187 Å². The van der Waals surface area contributed by atoms with E-state index < -0.39 is 54.0 Å². The number of carbonyl (C=O) groups is 4. The summed E-state index contributed by atoms with van der Waals surface area (Å²) in [6.07, 6.45) is 2.54. The van der Waals surface area contributed by atoms with Gasteiger partial charge in [-0.3, -0.25) is 14.4 Å². The number of hydrogen-bond donors (Lipinski definition) is 5. The molecular weight excluding hydrogens is 424 g/mol. The van der Waals surface area contributed by atoms with Crippen LogP contribution in [0.2, 0.25) is 0 Å². The van der Waals surface area contributed by atoms with Gasteiger partial charge in [0.05, 0.1) is 12.1 Å². The lowest BCUT2D eigenvalue weighted by Crippen LogP contribution is -2.60. The predicted molar refractivity (Wildman–Crippen MR) is 118 cm³/mol. The van der Waals surface area contributed by atoms with E-state index in [1.165, 1.54) is 23.6 Å². The number of likely N-dealkylation sites (tertiary alicyclic amines) is 1. The zero-order chi connectivity index (χ0) is 23.7. The molecular formula is C20H36N4O6S. The van der Waals surface area contributed by atoms with Gasteiger partial charge in [0.25, 0.3) is 0 Å². The molecule has 6 N–H and O–H groups in total. The summed E-state index contributed by atoms with van der Waals surface area (Å²) in [5.41, 5.74) is 5.92. The molecule has 1 aliphatic rings. The number of aliphatic carboxylic acids is 1. The van der Waals surface area contributed by atoms with Gasteiger partial charge in [-0.1, -0.05) is 20.3 Å². The number of aliphatic hydroxyl groups is 1. The third-order valence-electron chi connectivity index (χ3n) is 5.67. The number of nitrogens with zero attached hydrogens (tertiary/aromatic N) is 1. The Morgan fingerprint density at radius 1 is 1.19 bits per heavy atom. The molecule has 0 aromatic carbocycles. The molecule has 6 unspecified atom stereocenters. The standard InChI is InChI=1S/C20H36N4O6S/c1-5-11(2)15(21)17(26)23-16(12(3)25)18(27)22-13(8-10-31-4)19(28)24-9-6-7-14(24)20(29)30/h11-16,25H,5-10,21H2,1-4H3,(H,22,27)(H,23,26)(H,29,30). The predicted octanol–water partition coefficient (Wildman–Crippen LogP) is -0.461. The number of carboxylic acid groups (broad SMARTS) is 1. The van der Waals surface area contributed by atoms with Crippen LogP contribution in [0, 0.1) is 5.92 Å². The van der Waals surface area contributed by atoms with Gasteiger partial charge in [-0.05, 0) is 44.1 Å². The summed E-state index contributed by atoms with van der Waals surface area (Å²) < 4.78 is 0. The second-order valence-corrected chi connectivity index (χ2v) is 8.99. The van der Waals surface area contributed by atoms with Crippen molar-refractivity contribution in [1.82, 2.24) is 15.5 Å². The van der Waals surface area contributed by atoms with Gasteiger partial charge in [-0.2, -0.15) is 11.8 Å². The van der Waals surface area contributed by atoms with Gasteiger partial charge in [0.2, 0.25) is 17.7 Å². The van der Waals surface area contributed by atoms with Gasteiger partial charge in [-0.15, -0.1) is 0 Å². The van der Waals surface area contributed by atoms with Crippen LogP contribution in [0.3, 0.4) is 0 Å². The summed E-state index contributed by atoms with van der Waals surface area (Å²) >= 11 is 1.49. The maximum atomic E-state index is 13.0. The normalized spacial score (nSPS) is 21.0. The molecule has 1 rings (SSSR count). The molecule has 178 valence electrons. The van der Waals surface area contributed by atoms with Crippen molar-refractivity contribution in [2.45, 2.75) is 76.7 Å². The van der Waals surface area contributed by atoms with E-state index in [-0.39, 0.29) is 5.92 Å². The van der Waals surface area contributed by atoms with Crippen LogP contribution in [0.25, 0.3) is 0 Å². The Hall–Kier alpha value is -1.85. The molecule has 10 nitrogen and oxygen atoms in total. The van der Waals surface area contributed by atoms with Crippen molar-refractivity contribution in [3.8, 4) is 0 Å². The monoisotopic (exact) mass is 460 g/mol. The van der Waals surface area contributed by atoms with Crippen LogP contribution in [-0.2, 0) is 19.2 Å². The molecule has 6 atom stereocenters. The molecule has 0 aromatic rings. The van der Waals surface area contributed by atoms with E-state index in [1.54, 1.807) is 0 Å². The topological polar surface area (TPSA) is 162 Å². The molecule has 31 heavy (non-hydrogen) atoms. The van der Waals surface area contributed by atoms with Crippen LogP contribution in [0.5, 0.6) is 0 Å². The minimum Gasteiger partial charge on any atom is -0.480 e. The summed E-state index contributed by atoms with van der Waals surface area (Å²) in [5, 5.41) is 24.5. The van der Waals surface area contributed by atoms with E-state index in [9.17, 15) is 29.4 Å². The Bertz CT molecular complexity index is 647. The lowest BCUT2D eigenvalue weighted by molar-refractivity contribution is -0.149. The SMILES string of the molecule is CCC(C)C(N)C(=O)NC(C(=O)NC(CCSC)C(=O)N1CCCC1C(=O)O)C(C)O. The molecule has 1 fully saturated rings. The summed E-state index contributed by atoms with van der Waals surface area (Å²) in [6.45, 7) is 5.37. The highest BCUT2D eigenvalue weighted by molar-refractivity contribution is 7.98. The molecule has 0 spiro atoms. The van der Waals surface area contributed by atoms with E-state index >= 15 is 0 Å². The molecule has 1 aliphatic heterocycles. The average Bonchev–Trinajstić information content (AvgIpc) is 3.22. The van der Waals surface area contributed by atoms with Gasteiger partial charge in [0, 0.05) is 6.54 Å². The van der Waals surface area contributed by atoms with Gasteiger partial charge >= 0.3 is 5.97 Å². The van der Waals surface area contributed by atoms with Gasteiger partial charge in [0.1, 0.15) is 18.1 Å². The summed E-state index contributed by atoms with van der Waals surface area (Å²) in [5.74, 6) is -2.38. The minimum atomic E-state index is -1.29. The number of aliphatic hydroxyl groups excluding tert-OH is 1. The first-order chi connectivity index (χ1) is 14.5. The lowest BCUT2D eigenvalue weighted by atomic mass is 9.98. The second kappa shape index (κ2) is 12.9. The molecule has 1 saturated heterocycles. The third-order valence-corrected chi connectivity index (χ3v) is 6.31. The van der Waals surface area contributed by atoms with Crippen LogP contribution < -0.4 is 16.4 Å². The fourth-order valence-corrected chi connectivity index (χ4v) is 3.88. The molecule has 0 aliphatic carbocycles. The largest absolute Gasteiger partial charge is 0.480 e. The van der Waals surface area contributed by atoms with Crippen molar-refractivity contribution in [3.05, 3.63) is 0 Å². The molecule has 1 heterocycles. The van der Waals surface area contributed by atoms with E-state index in [0.29, 0.717) is 38.0 Å². The Balaban J connectivity index is 2.95. The zero-order valence-corrected chi connectivity index (χ0v) is 19.5. The Morgan fingerprint density at radius 2 is 1.84 bits per heavy atom. The van der Waals surface area contributed by atoms with E-state index in [0.717, 1.165) is 0 Å². The van der Waals surface area contributed by atoms with Gasteiger partial charge < -0.3 is 31.5 Å². The van der Waals surface area contributed by atoms with Crippen LogP contribution in [0.4, 0.5) is 0 Å². The molecule has 0 bridgehead atoms. The van der Waals surface area contributed by atoms with Crippen molar-refractivity contribution < 1.29 is 29.4 Å². The van der Waals surface area contributed by atoms with Crippen molar-refractivity contribution in [3.63, 3.8) is 0 Å². The molecule has 3 amide bonds.